The van der Waals surface area contributed by atoms with E-state index in [0.717, 1.165) is 23.3 Å². The number of hydrogen-bond donors (Lipinski definition) is 2. The lowest BCUT2D eigenvalue weighted by Gasteiger charge is -2.03. The van der Waals surface area contributed by atoms with Crippen molar-refractivity contribution < 1.29 is 4.79 Å². The largest absolute Gasteiger partial charge is 0.356 e. The molecule has 0 fully saturated rings. The molecule has 2 aromatic heterocycles. The molecule has 0 radical (unpaired) electrons. The summed E-state index contributed by atoms with van der Waals surface area (Å²) in [7, 11) is 0. The lowest BCUT2D eigenvalue weighted by atomic mass is 10.2. The highest BCUT2D eigenvalue weighted by Crippen LogP contribution is 2.34. The van der Waals surface area contributed by atoms with Crippen LogP contribution in [0.3, 0.4) is 0 Å². The fraction of sp³-hybridized carbons (Fsp3) is 0.278. The average Bonchev–Trinajstić information content (AvgIpc) is 3.00. The zero-order valence-electron chi connectivity index (χ0n) is 13.8. The first-order valence-corrected chi connectivity index (χ1v) is 9.32. The molecule has 0 bridgehead atoms. The van der Waals surface area contributed by atoms with Crippen LogP contribution < -0.4 is 10.9 Å². The quantitative estimate of drug-likeness (QED) is 0.644. The van der Waals surface area contributed by atoms with Gasteiger partial charge in [-0.25, -0.2) is 4.98 Å². The van der Waals surface area contributed by atoms with Gasteiger partial charge in [0.25, 0.3) is 5.56 Å². The number of benzene rings is 1. The number of aromatic amines is 1. The Kier molecular flexibility index (Phi) is 5.50. The normalized spacial score (nSPS) is 11.0. The molecular formula is C18H18ClN3O2S. The Morgan fingerprint density at radius 2 is 2.16 bits per heavy atom. The second-order valence-electron chi connectivity index (χ2n) is 5.70. The number of unbranched alkanes of at least 4 members (excludes halogenated alkanes) is 1. The van der Waals surface area contributed by atoms with Gasteiger partial charge in [-0.2, -0.15) is 0 Å². The zero-order chi connectivity index (χ0) is 17.8. The lowest BCUT2D eigenvalue weighted by Crippen LogP contribution is -2.27. The number of nitrogens with one attached hydrogen (secondary N) is 2. The van der Waals surface area contributed by atoms with Gasteiger partial charge in [-0.05, 0) is 18.6 Å². The molecule has 2 heterocycles. The van der Waals surface area contributed by atoms with E-state index in [1.165, 1.54) is 11.3 Å². The number of H-pyrrole nitrogens is 1. The molecule has 25 heavy (non-hydrogen) atoms. The fourth-order valence-electron chi connectivity index (χ4n) is 2.48. The van der Waals surface area contributed by atoms with Crippen LogP contribution in [-0.2, 0) is 11.2 Å². The summed E-state index contributed by atoms with van der Waals surface area (Å²) < 4.78 is 0.532. The van der Waals surface area contributed by atoms with Crippen molar-refractivity contribution in [2.24, 2.45) is 0 Å². The Morgan fingerprint density at radius 3 is 2.92 bits per heavy atom. The Bertz CT molecular complexity index is 964. The van der Waals surface area contributed by atoms with E-state index in [-0.39, 0.29) is 17.9 Å². The van der Waals surface area contributed by atoms with E-state index in [4.69, 9.17) is 11.6 Å². The van der Waals surface area contributed by atoms with Gasteiger partial charge in [0.15, 0.2) is 0 Å². The molecule has 0 unspecified atom stereocenters. The molecule has 0 atom stereocenters. The first kappa shape index (κ1) is 17.6. The Labute approximate surface area is 154 Å². The predicted octanol–water partition coefficient (Wildman–Crippen LogP) is 3.76. The molecule has 5 nitrogen and oxygen atoms in total. The highest BCUT2D eigenvalue weighted by molar-refractivity contribution is 7.22. The minimum Gasteiger partial charge on any atom is -0.356 e. The predicted molar refractivity (Wildman–Crippen MR) is 102 cm³/mol. The van der Waals surface area contributed by atoms with Crippen LogP contribution in [0.5, 0.6) is 0 Å². The molecule has 0 spiro atoms. The van der Waals surface area contributed by atoms with Crippen LogP contribution in [0.4, 0.5) is 0 Å². The highest BCUT2D eigenvalue weighted by atomic mass is 35.5. The molecule has 3 aromatic rings. The topological polar surface area (TPSA) is 74.8 Å². The number of amides is 1. The molecular weight excluding hydrogens is 358 g/mol. The summed E-state index contributed by atoms with van der Waals surface area (Å²) in [5.41, 5.74) is 1.22. The zero-order valence-corrected chi connectivity index (χ0v) is 15.3. The fourth-order valence-corrected chi connectivity index (χ4v) is 3.81. The molecule has 3 rings (SSSR count). The Morgan fingerprint density at radius 1 is 1.36 bits per heavy atom. The van der Waals surface area contributed by atoms with E-state index in [9.17, 15) is 9.59 Å². The second-order valence-corrected chi connectivity index (χ2v) is 7.16. The summed E-state index contributed by atoms with van der Waals surface area (Å²) in [4.78, 5) is 32.2. The molecule has 0 aliphatic heterocycles. The minimum atomic E-state index is -0.232. The lowest BCUT2D eigenvalue weighted by molar-refractivity contribution is -0.120. The maximum atomic E-state index is 12.3. The smallest absolute Gasteiger partial charge is 0.268 e. The van der Waals surface area contributed by atoms with E-state index in [1.54, 1.807) is 0 Å². The molecule has 0 saturated heterocycles. The van der Waals surface area contributed by atoms with Crippen molar-refractivity contribution in [1.82, 2.24) is 15.3 Å². The van der Waals surface area contributed by atoms with Gasteiger partial charge in [0.1, 0.15) is 10.5 Å². The Hall–Kier alpha value is -2.18. The van der Waals surface area contributed by atoms with Gasteiger partial charge in [0.2, 0.25) is 5.91 Å². The molecule has 0 aliphatic carbocycles. The van der Waals surface area contributed by atoms with Crippen molar-refractivity contribution in [3.05, 3.63) is 51.5 Å². The number of nitrogens with zero attached hydrogens (tertiary/aromatic N) is 1. The average molecular weight is 376 g/mol. The summed E-state index contributed by atoms with van der Waals surface area (Å²) in [6, 6.07) is 9.32. The summed E-state index contributed by atoms with van der Waals surface area (Å²) >= 11 is 7.58. The molecule has 2 N–H and O–H groups in total. The van der Waals surface area contributed by atoms with Gasteiger partial charge in [0.05, 0.1) is 11.9 Å². The molecule has 1 aromatic carbocycles. The third-order valence-corrected chi connectivity index (χ3v) is 5.24. The third kappa shape index (κ3) is 4.08. The number of hydrogen-bond acceptors (Lipinski definition) is 4. The van der Waals surface area contributed by atoms with Crippen molar-refractivity contribution in [3.63, 3.8) is 0 Å². The maximum absolute atomic E-state index is 12.3. The summed E-state index contributed by atoms with van der Waals surface area (Å²) in [6.45, 7) is 2.70. The first-order valence-electron chi connectivity index (χ1n) is 8.13. The standard InChI is InChI=1S/C18H18ClN3O2S/c1-2-3-8-20-16(23)10-15-21-13-9-14(25-17(13)18(24)22-15)11-6-4-5-7-12(11)19/h4-7,9H,2-3,8,10H2,1H3,(H,20,23)(H,21,22,24). The van der Waals surface area contributed by atoms with Gasteiger partial charge in [-0.1, -0.05) is 43.1 Å². The van der Waals surface area contributed by atoms with Crippen molar-refractivity contribution in [3.8, 4) is 10.4 Å². The van der Waals surface area contributed by atoms with Crippen LogP contribution in [0.1, 0.15) is 25.6 Å². The molecule has 0 aliphatic rings. The SMILES string of the molecule is CCCCNC(=O)Cc1nc2cc(-c3ccccc3Cl)sc2c(=O)[nH]1. The van der Waals surface area contributed by atoms with Crippen LogP contribution in [0, 0.1) is 0 Å². The number of thiophene rings is 1. The van der Waals surface area contributed by atoms with Crippen LogP contribution in [0.2, 0.25) is 5.02 Å². The van der Waals surface area contributed by atoms with Crippen LogP contribution >= 0.6 is 22.9 Å². The van der Waals surface area contributed by atoms with Gasteiger partial charge < -0.3 is 10.3 Å². The summed E-state index contributed by atoms with van der Waals surface area (Å²) in [5.74, 6) is 0.229. The van der Waals surface area contributed by atoms with E-state index in [1.807, 2.05) is 30.3 Å². The van der Waals surface area contributed by atoms with Crippen molar-refractivity contribution in [2.45, 2.75) is 26.2 Å². The van der Waals surface area contributed by atoms with E-state index in [0.29, 0.717) is 27.6 Å². The van der Waals surface area contributed by atoms with Crippen LogP contribution in [0.25, 0.3) is 20.7 Å². The number of carbonyl (C=O) groups excluding carboxylic acids is 1. The molecule has 1 amide bonds. The number of rotatable bonds is 6. The number of carbonyl (C=O) groups is 1. The third-order valence-electron chi connectivity index (χ3n) is 3.75. The number of halogens is 1. The summed E-state index contributed by atoms with van der Waals surface area (Å²) in [5, 5.41) is 3.45. The monoisotopic (exact) mass is 375 g/mol. The van der Waals surface area contributed by atoms with E-state index >= 15 is 0 Å². The molecule has 0 saturated carbocycles. The molecule has 7 heteroatoms. The van der Waals surface area contributed by atoms with Gasteiger partial charge in [0, 0.05) is 22.0 Å². The number of aromatic nitrogens is 2. The van der Waals surface area contributed by atoms with Crippen LogP contribution in [0.15, 0.2) is 35.1 Å². The number of fused-ring (bicyclic) bond motifs is 1. The highest BCUT2D eigenvalue weighted by Gasteiger charge is 2.13. The summed E-state index contributed by atoms with van der Waals surface area (Å²) in [6.07, 6.45) is 2.01. The Balaban J connectivity index is 1.88. The van der Waals surface area contributed by atoms with E-state index < -0.39 is 0 Å². The van der Waals surface area contributed by atoms with E-state index in [2.05, 4.69) is 22.2 Å². The van der Waals surface area contributed by atoms with Crippen molar-refractivity contribution in [2.75, 3.05) is 6.54 Å². The van der Waals surface area contributed by atoms with Gasteiger partial charge >= 0.3 is 0 Å². The first-order chi connectivity index (χ1) is 12.1. The van der Waals surface area contributed by atoms with Gasteiger partial charge in [-0.3, -0.25) is 9.59 Å². The second kappa shape index (κ2) is 7.80. The van der Waals surface area contributed by atoms with Gasteiger partial charge in [-0.15, -0.1) is 11.3 Å². The maximum Gasteiger partial charge on any atom is 0.268 e. The minimum absolute atomic E-state index is 0.0617. The van der Waals surface area contributed by atoms with Crippen LogP contribution in [-0.4, -0.2) is 22.4 Å². The molecule has 130 valence electrons. The van der Waals surface area contributed by atoms with Crippen molar-refractivity contribution in [1.29, 1.82) is 0 Å². The van der Waals surface area contributed by atoms with Crippen molar-refractivity contribution >= 4 is 39.1 Å².